The Hall–Kier alpha value is 0.660. The summed E-state index contributed by atoms with van der Waals surface area (Å²) in [4.78, 5) is 0. The van der Waals surface area contributed by atoms with Gasteiger partial charge in [-0.1, -0.05) is 39.0 Å². The molecule has 2 unspecified atom stereocenters. The molecule has 0 aromatic carbocycles. The standard InChI is InChI=1S/C13H27NS2/c1-3-4-5-6-7-8-12(14-2)13-11-15-9-10-16-13/h12-14H,3-11H2,1-2H3. The molecule has 1 saturated heterocycles. The van der Waals surface area contributed by atoms with E-state index in [0.717, 1.165) is 11.3 Å². The van der Waals surface area contributed by atoms with Crippen molar-refractivity contribution in [3.8, 4) is 0 Å². The van der Waals surface area contributed by atoms with Gasteiger partial charge in [0.25, 0.3) is 0 Å². The summed E-state index contributed by atoms with van der Waals surface area (Å²) >= 11 is 4.31. The van der Waals surface area contributed by atoms with E-state index in [1.165, 1.54) is 55.8 Å². The first kappa shape index (κ1) is 14.7. The molecule has 0 bridgehead atoms. The van der Waals surface area contributed by atoms with E-state index in [-0.39, 0.29) is 0 Å². The maximum atomic E-state index is 3.53. The molecule has 1 rings (SSSR count). The molecule has 1 N–H and O–H groups in total. The first-order chi connectivity index (χ1) is 7.88. The molecule has 1 heterocycles. The molecule has 1 nitrogen and oxygen atoms in total. The monoisotopic (exact) mass is 261 g/mol. The van der Waals surface area contributed by atoms with E-state index in [1.807, 2.05) is 0 Å². The molecule has 0 amide bonds. The highest BCUT2D eigenvalue weighted by Gasteiger charge is 2.22. The summed E-state index contributed by atoms with van der Waals surface area (Å²) in [5, 5.41) is 4.38. The average molecular weight is 261 g/mol. The van der Waals surface area contributed by atoms with Crippen LogP contribution in [0.4, 0.5) is 0 Å². The van der Waals surface area contributed by atoms with Crippen LogP contribution in [-0.4, -0.2) is 35.6 Å². The Bertz CT molecular complexity index is 158. The topological polar surface area (TPSA) is 12.0 Å². The average Bonchev–Trinajstić information content (AvgIpc) is 2.35. The lowest BCUT2D eigenvalue weighted by Gasteiger charge is -2.29. The van der Waals surface area contributed by atoms with Gasteiger partial charge in [0, 0.05) is 28.6 Å². The van der Waals surface area contributed by atoms with Crippen molar-refractivity contribution in [1.82, 2.24) is 5.32 Å². The lowest BCUT2D eigenvalue weighted by molar-refractivity contribution is 0.483. The summed E-state index contributed by atoms with van der Waals surface area (Å²) in [5.74, 6) is 4.06. The minimum atomic E-state index is 0.749. The molecule has 0 aromatic heterocycles. The lowest BCUT2D eigenvalue weighted by atomic mass is 10.0. The highest BCUT2D eigenvalue weighted by Crippen LogP contribution is 2.28. The van der Waals surface area contributed by atoms with Crippen LogP contribution in [0.5, 0.6) is 0 Å². The highest BCUT2D eigenvalue weighted by molar-refractivity contribution is 8.06. The summed E-state index contributed by atoms with van der Waals surface area (Å²) in [7, 11) is 2.14. The van der Waals surface area contributed by atoms with E-state index in [1.54, 1.807) is 0 Å². The quantitative estimate of drug-likeness (QED) is 0.668. The summed E-state index contributed by atoms with van der Waals surface area (Å²) in [6, 6.07) is 0.749. The van der Waals surface area contributed by atoms with Gasteiger partial charge in [0.05, 0.1) is 0 Å². The number of nitrogens with one attached hydrogen (secondary N) is 1. The van der Waals surface area contributed by atoms with Crippen molar-refractivity contribution in [3.63, 3.8) is 0 Å². The van der Waals surface area contributed by atoms with E-state index < -0.39 is 0 Å². The van der Waals surface area contributed by atoms with Crippen LogP contribution in [0.1, 0.15) is 45.4 Å². The van der Waals surface area contributed by atoms with Crippen molar-refractivity contribution in [1.29, 1.82) is 0 Å². The van der Waals surface area contributed by atoms with Crippen molar-refractivity contribution < 1.29 is 0 Å². The number of hydrogen-bond acceptors (Lipinski definition) is 3. The number of hydrogen-bond donors (Lipinski definition) is 1. The number of rotatable bonds is 8. The molecular weight excluding hydrogens is 234 g/mol. The number of thioether (sulfide) groups is 2. The van der Waals surface area contributed by atoms with Gasteiger partial charge in [0.15, 0.2) is 0 Å². The Morgan fingerprint density at radius 2 is 2.00 bits per heavy atom. The van der Waals surface area contributed by atoms with Gasteiger partial charge in [-0.2, -0.15) is 23.5 Å². The molecule has 2 atom stereocenters. The van der Waals surface area contributed by atoms with Crippen LogP contribution in [0.25, 0.3) is 0 Å². The maximum absolute atomic E-state index is 3.53. The Morgan fingerprint density at radius 3 is 2.62 bits per heavy atom. The van der Waals surface area contributed by atoms with Crippen molar-refractivity contribution >= 4 is 23.5 Å². The van der Waals surface area contributed by atoms with Gasteiger partial charge >= 0.3 is 0 Å². The molecule has 3 heteroatoms. The van der Waals surface area contributed by atoms with Crippen LogP contribution in [0.2, 0.25) is 0 Å². The molecular formula is C13H27NS2. The molecule has 0 radical (unpaired) electrons. The third-order valence-corrected chi connectivity index (χ3v) is 6.20. The molecule has 96 valence electrons. The predicted molar refractivity (Wildman–Crippen MR) is 79.8 cm³/mol. The summed E-state index contributed by atoms with van der Waals surface area (Å²) in [6.07, 6.45) is 8.41. The first-order valence-corrected chi connectivity index (χ1v) is 8.95. The Balaban J connectivity index is 2.10. The van der Waals surface area contributed by atoms with Crippen molar-refractivity contribution in [3.05, 3.63) is 0 Å². The minimum Gasteiger partial charge on any atom is -0.316 e. The van der Waals surface area contributed by atoms with E-state index in [9.17, 15) is 0 Å². The predicted octanol–water partition coefficient (Wildman–Crippen LogP) is 3.78. The first-order valence-electron chi connectivity index (χ1n) is 6.75. The van der Waals surface area contributed by atoms with Gasteiger partial charge in [-0.25, -0.2) is 0 Å². The Morgan fingerprint density at radius 1 is 1.19 bits per heavy atom. The molecule has 1 fully saturated rings. The van der Waals surface area contributed by atoms with Crippen LogP contribution < -0.4 is 5.32 Å². The second kappa shape index (κ2) is 9.67. The summed E-state index contributed by atoms with van der Waals surface area (Å²) in [6.45, 7) is 2.28. The van der Waals surface area contributed by atoms with E-state index in [0.29, 0.717) is 0 Å². The summed E-state index contributed by atoms with van der Waals surface area (Å²) in [5.41, 5.74) is 0. The molecule has 16 heavy (non-hydrogen) atoms. The zero-order chi connectivity index (χ0) is 11.6. The van der Waals surface area contributed by atoms with Crippen LogP contribution in [0.15, 0.2) is 0 Å². The van der Waals surface area contributed by atoms with Gasteiger partial charge in [0.2, 0.25) is 0 Å². The molecule has 0 spiro atoms. The minimum absolute atomic E-state index is 0.749. The highest BCUT2D eigenvalue weighted by atomic mass is 32.2. The van der Waals surface area contributed by atoms with Crippen molar-refractivity contribution in [2.24, 2.45) is 0 Å². The molecule has 0 aliphatic carbocycles. The Labute approximate surface area is 110 Å². The van der Waals surface area contributed by atoms with Gasteiger partial charge in [-0.05, 0) is 13.5 Å². The van der Waals surface area contributed by atoms with Crippen LogP contribution >= 0.6 is 23.5 Å². The van der Waals surface area contributed by atoms with Crippen LogP contribution in [0, 0.1) is 0 Å². The van der Waals surface area contributed by atoms with E-state index >= 15 is 0 Å². The summed E-state index contributed by atoms with van der Waals surface area (Å²) < 4.78 is 0. The SMILES string of the molecule is CCCCCCCC(NC)C1CSCCS1. The molecule has 0 saturated carbocycles. The third kappa shape index (κ3) is 5.83. The Kier molecular flexibility index (Phi) is 8.89. The second-order valence-corrected chi connectivity index (χ2v) is 7.08. The molecule has 0 aromatic rings. The fourth-order valence-electron chi connectivity index (χ4n) is 2.22. The number of unbranched alkanes of at least 4 members (excludes halogenated alkanes) is 4. The zero-order valence-corrected chi connectivity index (χ0v) is 12.5. The molecule has 1 aliphatic rings. The van der Waals surface area contributed by atoms with Gasteiger partial charge in [0.1, 0.15) is 0 Å². The van der Waals surface area contributed by atoms with E-state index in [2.05, 4.69) is 42.8 Å². The van der Waals surface area contributed by atoms with Gasteiger partial charge in [-0.3, -0.25) is 0 Å². The van der Waals surface area contributed by atoms with Crippen molar-refractivity contribution in [2.75, 3.05) is 24.3 Å². The van der Waals surface area contributed by atoms with Crippen LogP contribution in [-0.2, 0) is 0 Å². The maximum Gasteiger partial charge on any atom is 0.0291 e. The van der Waals surface area contributed by atoms with Gasteiger partial charge < -0.3 is 5.32 Å². The van der Waals surface area contributed by atoms with Gasteiger partial charge in [-0.15, -0.1) is 0 Å². The van der Waals surface area contributed by atoms with Crippen molar-refractivity contribution in [2.45, 2.75) is 56.7 Å². The second-order valence-electron chi connectivity index (χ2n) is 4.58. The van der Waals surface area contributed by atoms with E-state index in [4.69, 9.17) is 0 Å². The van der Waals surface area contributed by atoms with Crippen LogP contribution in [0.3, 0.4) is 0 Å². The molecule has 1 aliphatic heterocycles. The fraction of sp³-hybridized carbons (Fsp3) is 1.00. The largest absolute Gasteiger partial charge is 0.316 e. The fourth-order valence-corrected chi connectivity index (χ4v) is 5.19. The lowest BCUT2D eigenvalue weighted by Crippen LogP contribution is -2.38. The normalized spacial score (nSPS) is 23.2. The zero-order valence-electron chi connectivity index (χ0n) is 10.8. The smallest absolute Gasteiger partial charge is 0.0291 e. The third-order valence-electron chi connectivity index (χ3n) is 3.28.